The van der Waals surface area contributed by atoms with Crippen LogP contribution in [0.5, 0.6) is 6.01 Å². The average molecular weight is 266 g/mol. The van der Waals surface area contributed by atoms with Crippen LogP contribution in [-0.4, -0.2) is 59.7 Å². The van der Waals surface area contributed by atoms with Gasteiger partial charge in [0.1, 0.15) is 0 Å². The number of hydrogen-bond donors (Lipinski definition) is 2. The standard InChI is InChI=1S/C12H22N6O/c1-4-18-7-5-6-9(8-18)14-11-15-10(13-2)16-12(17-11)19-3/h9H,4-8H2,1-3H3,(H2,13,14,15,16,17). The van der Waals surface area contributed by atoms with Crippen molar-refractivity contribution in [1.82, 2.24) is 19.9 Å². The predicted octanol–water partition coefficient (Wildman–Crippen LogP) is 0.818. The van der Waals surface area contributed by atoms with Crippen LogP contribution >= 0.6 is 0 Å². The van der Waals surface area contributed by atoms with Gasteiger partial charge in [0.2, 0.25) is 11.9 Å². The van der Waals surface area contributed by atoms with E-state index in [1.54, 1.807) is 14.2 Å². The van der Waals surface area contributed by atoms with Crippen molar-refractivity contribution in [2.45, 2.75) is 25.8 Å². The lowest BCUT2D eigenvalue weighted by Gasteiger charge is -2.32. The van der Waals surface area contributed by atoms with Crippen LogP contribution < -0.4 is 15.4 Å². The minimum Gasteiger partial charge on any atom is -0.467 e. The predicted molar refractivity (Wildman–Crippen MR) is 74.7 cm³/mol. The Morgan fingerprint density at radius 3 is 2.79 bits per heavy atom. The molecule has 1 aromatic rings. The zero-order valence-electron chi connectivity index (χ0n) is 11.8. The maximum absolute atomic E-state index is 5.08. The molecular weight excluding hydrogens is 244 g/mol. The third-order valence-corrected chi connectivity index (χ3v) is 3.31. The molecule has 0 bridgehead atoms. The van der Waals surface area contributed by atoms with Crippen molar-refractivity contribution in [3.8, 4) is 6.01 Å². The van der Waals surface area contributed by atoms with Crippen LogP contribution in [0.3, 0.4) is 0 Å². The van der Waals surface area contributed by atoms with Gasteiger partial charge in [-0.1, -0.05) is 6.92 Å². The molecule has 2 rings (SSSR count). The number of likely N-dealkylation sites (tertiary alicyclic amines) is 1. The minimum absolute atomic E-state index is 0.324. The molecule has 0 amide bonds. The quantitative estimate of drug-likeness (QED) is 0.817. The second-order valence-corrected chi connectivity index (χ2v) is 4.60. The second kappa shape index (κ2) is 6.51. The SMILES string of the molecule is CCN1CCCC(Nc2nc(NC)nc(OC)n2)C1. The summed E-state index contributed by atoms with van der Waals surface area (Å²) >= 11 is 0. The fourth-order valence-corrected chi connectivity index (χ4v) is 2.27. The van der Waals surface area contributed by atoms with Gasteiger partial charge in [-0.15, -0.1) is 0 Å². The second-order valence-electron chi connectivity index (χ2n) is 4.60. The molecular formula is C12H22N6O. The Labute approximate surface area is 113 Å². The van der Waals surface area contributed by atoms with Crippen molar-refractivity contribution in [3.05, 3.63) is 0 Å². The van der Waals surface area contributed by atoms with E-state index in [2.05, 4.69) is 37.4 Å². The van der Waals surface area contributed by atoms with Crippen molar-refractivity contribution >= 4 is 11.9 Å². The van der Waals surface area contributed by atoms with Crippen molar-refractivity contribution in [2.24, 2.45) is 0 Å². The van der Waals surface area contributed by atoms with Gasteiger partial charge in [-0.3, -0.25) is 0 Å². The van der Waals surface area contributed by atoms with E-state index in [0.717, 1.165) is 19.5 Å². The van der Waals surface area contributed by atoms with Crippen LogP contribution in [0.4, 0.5) is 11.9 Å². The van der Waals surface area contributed by atoms with E-state index < -0.39 is 0 Å². The molecule has 2 heterocycles. The molecule has 1 fully saturated rings. The summed E-state index contributed by atoms with van der Waals surface area (Å²) in [7, 11) is 3.33. The fourth-order valence-electron chi connectivity index (χ4n) is 2.27. The summed E-state index contributed by atoms with van der Waals surface area (Å²) in [6.07, 6.45) is 2.34. The van der Waals surface area contributed by atoms with Crippen LogP contribution in [0.1, 0.15) is 19.8 Å². The summed E-state index contributed by atoms with van der Waals surface area (Å²) in [5.74, 6) is 1.08. The number of likely N-dealkylation sites (N-methyl/N-ethyl adjacent to an activating group) is 1. The van der Waals surface area contributed by atoms with Gasteiger partial charge in [0.05, 0.1) is 7.11 Å². The summed E-state index contributed by atoms with van der Waals surface area (Å²) in [4.78, 5) is 15.1. The molecule has 106 valence electrons. The van der Waals surface area contributed by atoms with Crippen LogP contribution in [0.25, 0.3) is 0 Å². The molecule has 7 heteroatoms. The van der Waals surface area contributed by atoms with E-state index in [4.69, 9.17) is 4.74 Å². The number of ether oxygens (including phenoxy) is 1. The van der Waals surface area contributed by atoms with Crippen molar-refractivity contribution < 1.29 is 4.74 Å². The van der Waals surface area contributed by atoms with Gasteiger partial charge >= 0.3 is 6.01 Å². The Bertz CT molecular complexity index is 391. The van der Waals surface area contributed by atoms with E-state index in [1.165, 1.54) is 13.0 Å². The zero-order chi connectivity index (χ0) is 13.7. The summed E-state index contributed by atoms with van der Waals surface area (Å²) in [6, 6.07) is 0.704. The van der Waals surface area contributed by atoms with Gasteiger partial charge < -0.3 is 20.3 Å². The largest absolute Gasteiger partial charge is 0.467 e. The van der Waals surface area contributed by atoms with Gasteiger partial charge in [0.25, 0.3) is 0 Å². The average Bonchev–Trinajstić information content (AvgIpc) is 2.47. The Kier molecular flexibility index (Phi) is 4.73. The highest BCUT2D eigenvalue weighted by molar-refractivity contribution is 5.36. The van der Waals surface area contributed by atoms with E-state index >= 15 is 0 Å². The first-order chi connectivity index (χ1) is 9.25. The molecule has 19 heavy (non-hydrogen) atoms. The summed E-state index contributed by atoms with van der Waals surface area (Å²) < 4.78 is 5.08. The topological polar surface area (TPSA) is 75.2 Å². The fraction of sp³-hybridized carbons (Fsp3) is 0.750. The third kappa shape index (κ3) is 3.66. The first-order valence-corrected chi connectivity index (χ1v) is 6.71. The Hall–Kier alpha value is -1.63. The molecule has 1 aromatic heterocycles. The van der Waals surface area contributed by atoms with Gasteiger partial charge in [-0.2, -0.15) is 15.0 Å². The maximum atomic E-state index is 5.08. The lowest BCUT2D eigenvalue weighted by atomic mass is 10.1. The summed E-state index contributed by atoms with van der Waals surface area (Å²) in [5, 5.41) is 6.28. The molecule has 0 spiro atoms. The van der Waals surface area contributed by atoms with Gasteiger partial charge in [-0.25, -0.2) is 0 Å². The smallest absolute Gasteiger partial charge is 0.322 e. The van der Waals surface area contributed by atoms with E-state index in [9.17, 15) is 0 Å². The lowest BCUT2D eigenvalue weighted by Crippen LogP contribution is -2.42. The molecule has 0 radical (unpaired) electrons. The summed E-state index contributed by atoms with van der Waals surface area (Å²) in [5.41, 5.74) is 0. The number of hydrogen-bond acceptors (Lipinski definition) is 7. The third-order valence-electron chi connectivity index (χ3n) is 3.31. The summed E-state index contributed by atoms with van der Waals surface area (Å²) in [6.45, 7) is 5.48. The number of anilines is 2. The van der Waals surface area contributed by atoms with Crippen LogP contribution in [-0.2, 0) is 0 Å². The molecule has 0 aliphatic carbocycles. The molecule has 2 N–H and O–H groups in total. The van der Waals surface area contributed by atoms with E-state index in [1.807, 2.05) is 0 Å². The molecule has 1 saturated heterocycles. The van der Waals surface area contributed by atoms with Gasteiger partial charge in [0, 0.05) is 19.6 Å². The first kappa shape index (κ1) is 13.8. The monoisotopic (exact) mass is 266 g/mol. The number of aromatic nitrogens is 3. The highest BCUT2D eigenvalue weighted by Gasteiger charge is 2.19. The number of nitrogens with zero attached hydrogens (tertiary/aromatic N) is 4. The Balaban J connectivity index is 2.05. The van der Waals surface area contributed by atoms with Crippen molar-refractivity contribution in [1.29, 1.82) is 0 Å². The van der Waals surface area contributed by atoms with Crippen molar-refractivity contribution in [3.63, 3.8) is 0 Å². The zero-order valence-corrected chi connectivity index (χ0v) is 11.8. The Morgan fingerprint density at radius 2 is 2.11 bits per heavy atom. The normalized spacial score (nSPS) is 20.1. The number of nitrogens with one attached hydrogen (secondary N) is 2. The van der Waals surface area contributed by atoms with Gasteiger partial charge in [-0.05, 0) is 25.9 Å². The molecule has 1 aliphatic heterocycles. The molecule has 0 saturated carbocycles. The van der Waals surface area contributed by atoms with E-state index in [0.29, 0.717) is 23.9 Å². The van der Waals surface area contributed by atoms with E-state index in [-0.39, 0.29) is 0 Å². The molecule has 7 nitrogen and oxygen atoms in total. The molecule has 1 aliphatic rings. The minimum atomic E-state index is 0.324. The van der Waals surface area contributed by atoms with Crippen LogP contribution in [0, 0.1) is 0 Å². The molecule has 1 atom stereocenters. The molecule has 0 aromatic carbocycles. The highest BCUT2D eigenvalue weighted by Crippen LogP contribution is 2.16. The molecule has 1 unspecified atom stereocenters. The highest BCUT2D eigenvalue weighted by atomic mass is 16.5. The number of piperidine rings is 1. The maximum Gasteiger partial charge on any atom is 0.322 e. The number of rotatable bonds is 5. The van der Waals surface area contributed by atoms with Crippen LogP contribution in [0.2, 0.25) is 0 Å². The van der Waals surface area contributed by atoms with Crippen molar-refractivity contribution in [2.75, 3.05) is 44.4 Å². The lowest BCUT2D eigenvalue weighted by molar-refractivity contribution is 0.226. The Morgan fingerprint density at radius 1 is 1.32 bits per heavy atom. The number of methoxy groups -OCH3 is 1. The first-order valence-electron chi connectivity index (χ1n) is 6.71. The van der Waals surface area contributed by atoms with Gasteiger partial charge in [0.15, 0.2) is 0 Å². The van der Waals surface area contributed by atoms with Crippen LogP contribution in [0.15, 0.2) is 0 Å².